The molecule has 1 aliphatic carbocycles. The summed E-state index contributed by atoms with van der Waals surface area (Å²) in [7, 11) is 0. The molecule has 3 rings (SSSR count). The van der Waals surface area contributed by atoms with Gasteiger partial charge < -0.3 is 5.11 Å². The van der Waals surface area contributed by atoms with Gasteiger partial charge in [0.25, 0.3) is 0 Å². The lowest BCUT2D eigenvalue weighted by Crippen LogP contribution is -2.15. The fourth-order valence-corrected chi connectivity index (χ4v) is 3.65. The summed E-state index contributed by atoms with van der Waals surface area (Å²) >= 11 is 6.24. The van der Waals surface area contributed by atoms with Gasteiger partial charge in [0.15, 0.2) is 0 Å². The number of hydrogen-bond donors (Lipinski definition) is 1. The number of halogens is 1. The lowest BCUT2D eigenvalue weighted by molar-refractivity contribution is 0.0913. The molecule has 1 saturated carbocycles. The lowest BCUT2D eigenvalue weighted by Gasteiger charge is -2.24. The van der Waals surface area contributed by atoms with Crippen LogP contribution in [-0.4, -0.2) is 5.11 Å². The Balaban J connectivity index is 2.07. The Morgan fingerprint density at radius 2 is 1.84 bits per heavy atom. The Kier molecular flexibility index (Phi) is 3.51. The van der Waals surface area contributed by atoms with Gasteiger partial charge in [0.05, 0.1) is 6.10 Å². The van der Waals surface area contributed by atoms with Crippen molar-refractivity contribution in [3.8, 4) is 0 Å². The molecule has 2 heteroatoms. The number of aliphatic hydroxyl groups is 1. The highest BCUT2D eigenvalue weighted by molar-refractivity contribution is 6.35. The highest BCUT2D eigenvalue weighted by atomic mass is 35.5. The van der Waals surface area contributed by atoms with E-state index < -0.39 is 0 Å². The van der Waals surface area contributed by atoms with Crippen LogP contribution in [0.2, 0.25) is 5.02 Å². The summed E-state index contributed by atoms with van der Waals surface area (Å²) in [6, 6.07) is 12.0. The lowest BCUT2D eigenvalue weighted by atomic mass is 9.86. The summed E-state index contributed by atoms with van der Waals surface area (Å²) in [5.74, 6) is 0.981. The Morgan fingerprint density at radius 3 is 2.53 bits per heavy atom. The van der Waals surface area contributed by atoms with Gasteiger partial charge >= 0.3 is 0 Å². The molecule has 0 aliphatic heterocycles. The number of hydrogen-bond acceptors (Lipinski definition) is 1. The van der Waals surface area contributed by atoms with E-state index in [1.54, 1.807) is 0 Å². The first kappa shape index (κ1) is 13.0. The van der Waals surface area contributed by atoms with Crippen molar-refractivity contribution in [1.82, 2.24) is 0 Å². The Morgan fingerprint density at radius 1 is 1.11 bits per heavy atom. The van der Waals surface area contributed by atoms with Crippen LogP contribution in [-0.2, 0) is 0 Å². The second kappa shape index (κ2) is 5.15. The minimum absolute atomic E-state index is 0.375. The van der Waals surface area contributed by atoms with Crippen molar-refractivity contribution in [2.75, 3.05) is 0 Å². The van der Waals surface area contributed by atoms with E-state index in [2.05, 4.69) is 13.0 Å². The van der Waals surface area contributed by atoms with Crippen molar-refractivity contribution in [3.63, 3.8) is 0 Å². The molecule has 3 atom stereocenters. The molecule has 0 radical (unpaired) electrons. The van der Waals surface area contributed by atoms with Crippen LogP contribution in [0.15, 0.2) is 36.4 Å². The molecule has 1 aliphatic rings. The smallest absolute Gasteiger partial charge is 0.0826 e. The molecule has 19 heavy (non-hydrogen) atoms. The molecule has 0 amide bonds. The van der Waals surface area contributed by atoms with E-state index in [-0.39, 0.29) is 6.10 Å². The number of benzene rings is 2. The molecule has 0 spiro atoms. The predicted molar refractivity (Wildman–Crippen MR) is 80.4 cm³/mol. The van der Waals surface area contributed by atoms with Gasteiger partial charge in [-0.2, -0.15) is 0 Å². The monoisotopic (exact) mass is 274 g/mol. The van der Waals surface area contributed by atoms with Crippen molar-refractivity contribution >= 4 is 22.4 Å². The third-order valence-corrected chi connectivity index (χ3v) is 4.89. The zero-order valence-electron chi connectivity index (χ0n) is 11.1. The van der Waals surface area contributed by atoms with Crippen LogP contribution in [0.25, 0.3) is 10.8 Å². The quantitative estimate of drug-likeness (QED) is 0.820. The third kappa shape index (κ3) is 2.26. The van der Waals surface area contributed by atoms with Crippen molar-refractivity contribution in [1.29, 1.82) is 0 Å². The minimum Gasteiger partial charge on any atom is -0.388 e. The average molecular weight is 275 g/mol. The summed E-state index contributed by atoms with van der Waals surface area (Å²) in [4.78, 5) is 0. The van der Waals surface area contributed by atoms with Crippen molar-refractivity contribution in [2.45, 2.75) is 32.3 Å². The second-order valence-electron chi connectivity index (χ2n) is 5.70. The van der Waals surface area contributed by atoms with E-state index in [9.17, 15) is 5.11 Å². The summed E-state index contributed by atoms with van der Waals surface area (Å²) in [5, 5.41) is 13.6. The molecule has 3 unspecified atom stereocenters. The van der Waals surface area contributed by atoms with Gasteiger partial charge in [-0.1, -0.05) is 61.7 Å². The van der Waals surface area contributed by atoms with Crippen LogP contribution >= 0.6 is 11.6 Å². The highest BCUT2D eigenvalue weighted by Crippen LogP contribution is 2.42. The fourth-order valence-electron chi connectivity index (χ4n) is 3.42. The molecule has 1 fully saturated rings. The number of fused-ring (bicyclic) bond motifs is 1. The van der Waals surface area contributed by atoms with E-state index in [0.29, 0.717) is 11.8 Å². The van der Waals surface area contributed by atoms with Crippen LogP contribution in [0.5, 0.6) is 0 Å². The van der Waals surface area contributed by atoms with Crippen LogP contribution in [0.3, 0.4) is 0 Å². The molecule has 100 valence electrons. The van der Waals surface area contributed by atoms with Gasteiger partial charge in [-0.05, 0) is 35.3 Å². The van der Waals surface area contributed by atoms with E-state index in [4.69, 9.17) is 11.6 Å². The van der Waals surface area contributed by atoms with Gasteiger partial charge in [0.1, 0.15) is 0 Å². The van der Waals surface area contributed by atoms with Crippen LogP contribution in [0.1, 0.15) is 37.9 Å². The van der Waals surface area contributed by atoms with Crippen molar-refractivity contribution < 1.29 is 5.11 Å². The van der Waals surface area contributed by atoms with Gasteiger partial charge in [-0.3, -0.25) is 0 Å². The molecule has 1 nitrogen and oxygen atoms in total. The molecular formula is C17H19ClO. The standard InChI is InChI=1S/C17H19ClO/c1-11-5-4-8-12(11)17(19)15-9-10-16(18)14-7-3-2-6-13(14)15/h2-3,6-7,9-12,17,19H,4-5,8H2,1H3. The first-order chi connectivity index (χ1) is 9.18. The predicted octanol–water partition coefficient (Wildman–Crippen LogP) is 4.96. The van der Waals surface area contributed by atoms with E-state index in [1.807, 2.05) is 30.3 Å². The van der Waals surface area contributed by atoms with Crippen LogP contribution in [0.4, 0.5) is 0 Å². The third-order valence-electron chi connectivity index (χ3n) is 4.56. The Labute approximate surface area is 119 Å². The molecule has 0 heterocycles. The number of rotatable bonds is 2. The second-order valence-corrected chi connectivity index (χ2v) is 6.11. The van der Waals surface area contributed by atoms with E-state index in [1.165, 1.54) is 12.8 Å². The summed E-state index contributed by atoms with van der Waals surface area (Å²) in [6.45, 7) is 2.25. The average Bonchev–Trinajstić information content (AvgIpc) is 2.85. The Bertz CT molecular complexity index is 593. The molecule has 0 saturated heterocycles. The summed E-state index contributed by atoms with van der Waals surface area (Å²) in [5.41, 5.74) is 1.03. The normalized spacial score (nSPS) is 24.8. The summed E-state index contributed by atoms with van der Waals surface area (Å²) < 4.78 is 0. The van der Waals surface area contributed by atoms with Gasteiger partial charge in [0, 0.05) is 10.4 Å². The maximum Gasteiger partial charge on any atom is 0.0826 e. The molecular weight excluding hydrogens is 256 g/mol. The topological polar surface area (TPSA) is 20.2 Å². The largest absolute Gasteiger partial charge is 0.388 e. The van der Waals surface area contributed by atoms with Crippen LogP contribution in [0, 0.1) is 11.8 Å². The van der Waals surface area contributed by atoms with Crippen molar-refractivity contribution in [3.05, 3.63) is 47.0 Å². The summed E-state index contributed by atoms with van der Waals surface area (Å²) in [6.07, 6.45) is 3.21. The number of aliphatic hydroxyl groups excluding tert-OH is 1. The molecule has 2 aromatic carbocycles. The van der Waals surface area contributed by atoms with E-state index >= 15 is 0 Å². The zero-order valence-corrected chi connectivity index (χ0v) is 11.9. The van der Waals surface area contributed by atoms with E-state index in [0.717, 1.165) is 27.8 Å². The minimum atomic E-state index is -0.375. The SMILES string of the molecule is CC1CCCC1C(O)c1ccc(Cl)c2ccccc12. The van der Waals surface area contributed by atoms with Crippen molar-refractivity contribution in [2.24, 2.45) is 11.8 Å². The first-order valence-corrected chi connectivity index (χ1v) is 7.41. The first-order valence-electron chi connectivity index (χ1n) is 7.03. The highest BCUT2D eigenvalue weighted by Gasteiger charge is 2.31. The fraction of sp³-hybridized carbons (Fsp3) is 0.412. The van der Waals surface area contributed by atoms with Crippen LogP contribution < -0.4 is 0 Å². The maximum atomic E-state index is 10.7. The maximum absolute atomic E-state index is 10.7. The molecule has 0 aromatic heterocycles. The molecule has 0 bridgehead atoms. The van der Waals surface area contributed by atoms with Gasteiger partial charge in [-0.15, -0.1) is 0 Å². The Hall–Kier alpha value is -1.05. The van der Waals surface area contributed by atoms with Gasteiger partial charge in [0.2, 0.25) is 0 Å². The zero-order chi connectivity index (χ0) is 13.4. The molecule has 2 aromatic rings. The van der Waals surface area contributed by atoms with Gasteiger partial charge in [-0.25, -0.2) is 0 Å². The molecule has 1 N–H and O–H groups in total.